The zero-order chi connectivity index (χ0) is 19.1. The first kappa shape index (κ1) is 18.4. The molecule has 2 aromatic rings. The molecule has 4 rings (SSSR count). The van der Waals surface area contributed by atoms with Gasteiger partial charge in [0.05, 0.1) is 16.8 Å². The van der Waals surface area contributed by atoms with Gasteiger partial charge >= 0.3 is 0 Å². The Bertz CT molecular complexity index is 850. The number of rotatable bonds is 3. The minimum absolute atomic E-state index is 0.280. The average molecular weight is 392 g/mol. The molecular formula is C20H23ClFN3O2. The van der Waals surface area contributed by atoms with Crippen LogP contribution >= 0.6 is 11.6 Å². The topological polar surface area (TPSA) is 58.5 Å². The van der Waals surface area contributed by atoms with Crippen molar-refractivity contribution >= 4 is 17.4 Å². The van der Waals surface area contributed by atoms with Crippen LogP contribution in [0.25, 0.3) is 0 Å². The van der Waals surface area contributed by atoms with Crippen LogP contribution in [0, 0.1) is 31.5 Å². The number of aromatic nitrogens is 2. The predicted molar refractivity (Wildman–Crippen MR) is 102 cm³/mol. The number of hydrogen-bond donors (Lipinski definition) is 1. The SMILES string of the molecule is Cc1ccc(O[C@@H]2C[C@@H]3CN(c4ncc(Cl)cc4F)C[C@@H]3C[C@H]2O)c(C)n1. The third kappa shape index (κ3) is 3.73. The molecule has 0 aromatic carbocycles. The highest BCUT2D eigenvalue weighted by Crippen LogP contribution is 2.40. The monoisotopic (exact) mass is 391 g/mol. The van der Waals surface area contributed by atoms with Gasteiger partial charge in [0.25, 0.3) is 0 Å². The second kappa shape index (κ2) is 7.24. The molecule has 7 heteroatoms. The number of halogens is 2. The van der Waals surface area contributed by atoms with Crippen LogP contribution in [0.3, 0.4) is 0 Å². The Morgan fingerprint density at radius 3 is 2.67 bits per heavy atom. The minimum atomic E-state index is -0.546. The molecule has 1 saturated carbocycles. The van der Waals surface area contributed by atoms with E-state index >= 15 is 0 Å². The van der Waals surface area contributed by atoms with E-state index in [-0.39, 0.29) is 6.10 Å². The van der Waals surface area contributed by atoms with Crippen LogP contribution in [-0.4, -0.2) is 40.4 Å². The second-order valence-electron chi connectivity index (χ2n) is 7.62. The van der Waals surface area contributed by atoms with Gasteiger partial charge in [0.1, 0.15) is 11.9 Å². The number of anilines is 1. The molecule has 1 aliphatic carbocycles. The first-order valence-corrected chi connectivity index (χ1v) is 9.63. The van der Waals surface area contributed by atoms with Gasteiger partial charge in [-0.15, -0.1) is 0 Å². The van der Waals surface area contributed by atoms with Gasteiger partial charge in [0, 0.05) is 25.0 Å². The maximum Gasteiger partial charge on any atom is 0.167 e. The van der Waals surface area contributed by atoms with Crippen molar-refractivity contribution in [3.05, 3.63) is 46.6 Å². The van der Waals surface area contributed by atoms with Gasteiger partial charge < -0.3 is 14.7 Å². The molecule has 1 saturated heterocycles. The van der Waals surface area contributed by atoms with E-state index in [0.717, 1.165) is 17.8 Å². The Kier molecular flexibility index (Phi) is 4.95. The summed E-state index contributed by atoms with van der Waals surface area (Å²) in [6.45, 7) is 5.24. The molecule has 144 valence electrons. The van der Waals surface area contributed by atoms with Crippen molar-refractivity contribution in [2.75, 3.05) is 18.0 Å². The van der Waals surface area contributed by atoms with E-state index in [1.54, 1.807) is 0 Å². The molecule has 0 unspecified atom stereocenters. The molecule has 0 bridgehead atoms. The summed E-state index contributed by atoms with van der Waals surface area (Å²) < 4.78 is 20.3. The number of fused-ring (bicyclic) bond motifs is 1. The number of aryl methyl sites for hydroxylation is 2. The van der Waals surface area contributed by atoms with E-state index in [4.69, 9.17) is 16.3 Å². The van der Waals surface area contributed by atoms with Crippen molar-refractivity contribution in [3.63, 3.8) is 0 Å². The van der Waals surface area contributed by atoms with Gasteiger partial charge in [0.15, 0.2) is 11.6 Å². The quantitative estimate of drug-likeness (QED) is 0.867. The number of aliphatic hydroxyl groups excluding tert-OH is 1. The zero-order valence-electron chi connectivity index (χ0n) is 15.4. The third-order valence-corrected chi connectivity index (χ3v) is 5.83. The Morgan fingerprint density at radius 2 is 1.96 bits per heavy atom. The lowest BCUT2D eigenvalue weighted by atomic mass is 9.78. The second-order valence-corrected chi connectivity index (χ2v) is 8.05. The summed E-state index contributed by atoms with van der Waals surface area (Å²) in [5.74, 6) is 1.27. The number of hydrogen-bond acceptors (Lipinski definition) is 5. The van der Waals surface area contributed by atoms with Crippen molar-refractivity contribution in [1.29, 1.82) is 0 Å². The Balaban J connectivity index is 1.47. The fourth-order valence-corrected chi connectivity index (χ4v) is 4.44. The number of aliphatic hydroxyl groups is 1. The highest BCUT2D eigenvalue weighted by molar-refractivity contribution is 6.30. The van der Waals surface area contributed by atoms with Gasteiger partial charge in [-0.1, -0.05) is 11.6 Å². The van der Waals surface area contributed by atoms with Crippen molar-refractivity contribution in [2.45, 2.75) is 38.9 Å². The lowest BCUT2D eigenvalue weighted by Gasteiger charge is -2.35. The van der Waals surface area contributed by atoms with Crippen LogP contribution in [0.5, 0.6) is 5.75 Å². The number of pyridine rings is 2. The first-order chi connectivity index (χ1) is 12.9. The van der Waals surface area contributed by atoms with E-state index in [1.807, 2.05) is 30.9 Å². The molecule has 27 heavy (non-hydrogen) atoms. The maximum atomic E-state index is 14.2. The van der Waals surface area contributed by atoms with Crippen LogP contribution in [0.4, 0.5) is 10.2 Å². The minimum Gasteiger partial charge on any atom is -0.486 e. The van der Waals surface area contributed by atoms with Crippen molar-refractivity contribution in [2.24, 2.45) is 11.8 Å². The predicted octanol–water partition coefficient (Wildman–Crippen LogP) is 3.54. The van der Waals surface area contributed by atoms with Gasteiger partial charge in [-0.3, -0.25) is 4.98 Å². The zero-order valence-corrected chi connectivity index (χ0v) is 16.2. The summed E-state index contributed by atoms with van der Waals surface area (Å²) in [5.41, 5.74) is 1.76. The Hall–Kier alpha value is -1.92. The van der Waals surface area contributed by atoms with Crippen molar-refractivity contribution in [3.8, 4) is 5.75 Å². The Morgan fingerprint density at radius 1 is 1.22 bits per heavy atom. The normalized spacial score (nSPS) is 27.5. The molecule has 2 aliphatic rings. The fourth-order valence-electron chi connectivity index (χ4n) is 4.29. The molecule has 1 N–H and O–H groups in total. The molecule has 3 heterocycles. The first-order valence-electron chi connectivity index (χ1n) is 9.25. The van der Waals surface area contributed by atoms with E-state index in [9.17, 15) is 9.50 Å². The summed E-state index contributed by atoms with van der Waals surface area (Å²) in [4.78, 5) is 10.5. The number of ether oxygens (including phenoxy) is 1. The molecule has 0 amide bonds. The van der Waals surface area contributed by atoms with Crippen LogP contribution in [0.1, 0.15) is 24.2 Å². The standard InChI is InChI=1S/C20H23ClFN3O2/c1-11-3-4-18(12(2)24-11)27-19-6-14-10-25(9-13(14)5-17(19)26)20-16(22)7-15(21)8-23-20/h3-4,7-8,13-14,17,19,26H,5-6,9-10H2,1-2H3/t13-,14+,17+,19+/m0/s1. The molecule has 5 nitrogen and oxygen atoms in total. The lowest BCUT2D eigenvalue weighted by molar-refractivity contribution is -0.0236. The largest absolute Gasteiger partial charge is 0.486 e. The van der Waals surface area contributed by atoms with Crippen LogP contribution < -0.4 is 9.64 Å². The highest BCUT2D eigenvalue weighted by atomic mass is 35.5. The van der Waals surface area contributed by atoms with Gasteiger partial charge in [-0.2, -0.15) is 0 Å². The number of nitrogens with zero attached hydrogens (tertiary/aromatic N) is 3. The fraction of sp³-hybridized carbons (Fsp3) is 0.500. The lowest BCUT2D eigenvalue weighted by Crippen LogP contribution is -2.42. The highest BCUT2D eigenvalue weighted by Gasteiger charge is 2.43. The van der Waals surface area contributed by atoms with Gasteiger partial charge in [-0.25, -0.2) is 9.37 Å². The Labute approximate surface area is 163 Å². The summed E-state index contributed by atoms with van der Waals surface area (Å²) >= 11 is 5.81. The average Bonchev–Trinajstić information content (AvgIpc) is 2.99. The van der Waals surface area contributed by atoms with Crippen LogP contribution in [0.15, 0.2) is 24.4 Å². The third-order valence-electron chi connectivity index (χ3n) is 5.63. The molecule has 0 spiro atoms. The van der Waals surface area contributed by atoms with E-state index in [1.165, 1.54) is 12.3 Å². The summed E-state index contributed by atoms with van der Waals surface area (Å²) in [6.07, 6.45) is 2.01. The van der Waals surface area contributed by atoms with E-state index in [2.05, 4.69) is 9.97 Å². The molecular weight excluding hydrogens is 369 g/mol. The van der Waals surface area contributed by atoms with Gasteiger partial charge in [0.2, 0.25) is 0 Å². The van der Waals surface area contributed by atoms with Crippen molar-refractivity contribution in [1.82, 2.24) is 9.97 Å². The molecule has 4 atom stereocenters. The maximum absolute atomic E-state index is 14.2. The van der Waals surface area contributed by atoms with E-state index in [0.29, 0.717) is 47.9 Å². The van der Waals surface area contributed by atoms with E-state index < -0.39 is 11.9 Å². The van der Waals surface area contributed by atoms with Crippen LogP contribution in [0.2, 0.25) is 5.02 Å². The summed E-state index contributed by atoms with van der Waals surface area (Å²) in [5, 5.41) is 10.9. The summed E-state index contributed by atoms with van der Waals surface area (Å²) in [7, 11) is 0. The van der Waals surface area contributed by atoms with Crippen LogP contribution in [-0.2, 0) is 0 Å². The van der Waals surface area contributed by atoms with Gasteiger partial charge in [-0.05, 0) is 56.7 Å². The molecule has 1 aliphatic heterocycles. The molecule has 2 fully saturated rings. The summed E-state index contributed by atoms with van der Waals surface area (Å²) in [6, 6.07) is 5.11. The molecule has 0 radical (unpaired) electrons. The smallest absolute Gasteiger partial charge is 0.167 e. The van der Waals surface area contributed by atoms with Crippen molar-refractivity contribution < 1.29 is 14.2 Å². The molecule has 2 aromatic heterocycles.